The Kier molecular flexibility index (Phi) is 10.1. The molecule has 1 aromatic heterocycles. The van der Waals surface area contributed by atoms with Gasteiger partial charge in [0, 0.05) is 30.5 Å². The first-order valence-electron chi connectivity index (χ1n) is 14.2. The third-order valence-electron chi connectivity index (χ3n) is 6.89. The van der Waals surface area contributed by atoms with Crippen LogP contribution in [-0.2, 0) is 28.6 Å². The number of aromatic hydroxyl groups is 3. The number of carbonyl (C=O) groups excluding carboxylic acids is 3. The lowest BCUT2D eigenvalue weighted by Crippen LogP contribution is -2.61. The van der Waals surface area contributed by atoms with E-state index in [9.17, 15) is 39.6 Å². The molecule has 0 radical (unpaired) electrons. The fourth-order valence-corrected chi connectivity index (χ4v) is 4.81. The largest absolute Gasteiger partial charge is 0.508 e. The summed E-state index contributed by atoms with van der Waals surface area (Å²) in [7, 11) is 0. The number of hydrogen-bond donors (Lipinski definition) is 4. The Morgan fingerprint density at radius 1 is 0.886 bits per heavy atom. The zero-order valence-corrected chi connectivity index (χ0v) is 24.3. The van der Waals surface area contributed by atoms with Gasteiger partial charge < -0.3 is 43.8 Å². The third kappa shape index (κ3) is 7.12. The first-order valence-corrected chi connectivity index (χ1v) is 14.2. The molecule has 4 rings (SSSR count). The Labute approximate surface area is 251 Å². The zero-order chi connectivity index (χ0) is 32.1. The highest BCUT2D eigenvalue weighted by Crippen LogP contribution is 2.38. The number of fused-ring (bicyclic) bond motifs is 1. The van der Waals surface area contributed by atoms with E-state index in [4.69, 9.17) is 23.4 Å². The van der Waals surface area contributed by atoms with Gasteiger partial charge in [-0.05, 0) is 44.0 Å². The van der Waals surface area contributed by atoms with Crippen LogP contribution >= 0.6 is 0 Å². The van der Waals surface area contributed by atoms with Crippen molar-refractivity contribution in [1.29, 1.82) is 0 Å². The Morgan fingerprint density at radius 2 is 1.55 bits per heavy atom. The fourth-order valence-electron chi connectivity index (χ4n) is 4.81. The first-order chi connectivity index (χ1) is 20.9. The maximum absolute atomic E-state index is 13.7. The van der Waals surface area contributed by atoms with Crippen molar-refractivity contribution in [3.8, 4) is 34.3 Å². The van der Waals surface area contributed by atoms with Gasteiger partial charge in [-0.15, -0.1) is 0 Å². The second-order valence-corrected chi connectivity index (χ2v) is 10.4. The topological polar surface area (TPSA) is 199 Å². The fraction of sp³-hybridized carbons (Fsp3) is 0.419. The van der Waals surface area contributed by atoms with Crippen molar-refractivity contribution in [2.45, 2.75) is 83.6 Å². The van der Waals surface area contributed by atoms with Crippen LogP contribution in [0.3, 0.4) is 0 Å². The molecule has 2 heterocycles. The molecule has 236 valence electrons. The second-order valence-electron chi connectivity index (χ2n) is 10.4. The van der Waals surface area contributed by atoms with Gasteiger partial charge in [-0.2, -0.15) is 0 Å². The van der Waals surface area contributed by atoms with Crippen LogP contribution in [0.5, 0.6) is 23.0 Å². The smallest absolute Gasteiger partial charge is 0.313 e. The molecule has 44 heavy (non-hydrogen) atoms. The van der Waals surface area contributed by atoms with Gasteiger partial charge in [0.1, 0.15) is 40.4 Å². The van der Waals surface area contributed by atoms with Gasteiger partial charge in [-0.3, -0.25) is 19.2 Å². The molecule has 0 spiro atoms. The van der Waals surface area contributed by atoms with Crippen LogP contribution in [0.1, 0.15) is 52.9 Å². The summed E-state index contributed by atoms with van der Waals surface area (Å²) >= 11 is 0. The minimum absolute atomic E-state index is 0.0437. The standard InChI is InChI=1S/C31H34O13/c1-4-6-18(33)14-23(37)43-30-26(39)31(40-15(3)27(30)42-22(36)7-5-2)44-29-25(38)24-20(35)12-19(34)13-21(24)41-28(29)16-8-10-17(32)11-9-16/h8-13,15,26-27,30-32,34-35,39H,4-7,14H2,1-3H3/t15-,26+,27-,30-,31-/m0/s1. The molecule has 0 amide bonds. The number of ether oxygens (including phenoxy) is 4. The molecule has 1 fully saturated rings. The molecule has 1 aliphatic rings. The summed E-state index contributed by atoms with van der Waals surface area (Å²) in [6.45, 7) is 5.02. The van der Waals surface area contributed by atoms with E-state index < -0.39 is 66.0 Å². The van der Waals surface area contributed by atoms with Crippen molar-refractivity contribution < 1.29 is 58.2 Å². The molecule has 13 nitrogen and oxygen atoms in total. The highest BCUT2D eigenvalue weighted by atomic mass is 16.7. The maximum Gasteiger partial charge on any atom is 0.313 e. The van der Waals surface area contributed by atoms with Crippen LogP contribution in [0.15, 0.2) is 45.6 Å². The summed E-state index contributed by atoms with van der Waals surface area (Å²) in [5, 5.41) is 41.2. The van der Waals surface area contributed by atoms with Gasteiger partial charge in [0.2, 0.25) is 17.5 Å². The highest BCUT2D eigenvalue weighted by Gasteiger charge is 2.50. The molecule has 0 saturated carbocycles. The van der Waals surface area contributed by atoms with Gasteiger partial charge in [-0.1, -0.05) is 13.8 Å². The van der Waals surface area contributed by atoms with Crippen molar-refractivity contribution in [2.75, 3.05) is 0 Å². The number of aliphatic hydroxyl groups is 1. The number of phenolic OH excluding ortho intramolecular Hbond substituents is 3. The van der Waals surface area contributed by atoms with Crippen molar-refractivity contribution >= 4 is 28.7 Å². The number of phenols is 3. The van der Waals surface area contributed by atoms with Gasteiger partial charge >= 0.3 is 11.9 Å². The Morgan fingerprint density at radius 3 is 2.20 bits per heavy atom. The normalized spacial score (nSPS) is 21.5. The zero-order valence-electron chi connectivity index (χ0n) is 24.3. The van der Waals surface area contributed by atoms with E-state index in [1.807, 2.05) is 0 Å². The van der Waals surface area contributed by atoms with E-state index in [1.165, 1.54) is 31.2 Å². The average Bonchev–Trinajstić information content (AvgIpc) is 2.94. The van der Waals surface area contributed by atoms with Crippen LogP contribution in [0.4, 0.5) is 0 Å². The summed E-state index contributed by atoms with van der Waals surface area (Å²) < 4.78 is 28.5. The van der Waals surface area contributed by atoms with Crippen molar-refractivity contribution in [1.82, 2.24) is 0 Å². The minimum Gasteiger partial charge on any atom is -0.508 e. The lowest BCUT2D eigenvalue weighted by atomic mass is 9.99. The van der Waals surface area contributed by atoms with Crippen molar-refractivity contribution in [3.63, 3.8) is 0 Å². The molecular weight excluding hydrogens is 580 g/mol. The van der Waals surface area contributed by atoms with E-state index in [2.05, 4.69) is 0 Å². The van der Waals surface area contributed by atoms with E-state index >= 15 is 0 Å². The molecule has 5 atom stereocenters. The molecule has 4 N–H and O–H groups in total. The predicted octanol–water partition coefficient (Wildman–Crippen LogP) is 3.44. The third-order valence-corrected chi connectivity index (χ3v) is 6.89. The molecule has 1 aliphatic heterocycles. The van der Waals surface area contributed by atoms with E-state index in [1.54, 1.807) is 13.8 Å². The lowest BCUT2D eigenvalue weighted by molar-refractivity contribution is -0.277. The van der Waals surface area contributed by atoms with Crippen LogP contribution in [0, 0.1) is 0 Å². The first kappa shape index (κ1) is 32.3. The summed E-state index contributed by atoms with van der Waals surface area (Å²) in [5.74, 6) is -3.77. The van der Waals surface area contributed by atoms with Gasteiger partial charge in [-0.25, -0.2) is 0 Å². The quantitative estimate of drug-likeness (QED) is 0.181. The Bertz CT molecular complexity index is 1580. The Balaban J connectivity index is 1.75. The van der Waals surface area contributed by atoms with E-state index in [0.717, 1.165) is 12.1 Å². The molecule has 0 aliphatic carbocycles. The summed E-state index contributed by atoms with van der Waals surface area (Å²) in [6, 6.07) is 7.52. The minimum atomic E-state index is -1.84. The number of ketones is 1. The van der Waals surface area contributed by atoms with Crippen molar-refractivity contribution in [3.05, 3.63) is 46.6 Å². The van der Waals surface area contributed by atoms with Crippen LogP contribution in [-0.4, -0.2) is 68.9 Å². The maximum atomic E-state index is 13.7. The molecule has 0 bridgehead atoms. The molecule has 1 saturated heterocycles. The van der Waals surface area contributed by atoms with Crippen LogP contribution in [0.25, 0.3) is 22.3 Å². The predicted molar refractivity (Wildman–Crippen MR) is 153 cm³/mol. The van der Waals surface area contributed by atoms with Crippen molar-refractivity contribution in [2.24, 2.45) is 0 Å². The molecule has 3 aromatic rings. The molecule has 2 aromatic carbocycles. The number of esters is 2. The SMILES string of the molecule is CCCC(=O)CC(=O)O[C@H]1[C@@H](O)[C@H](Oc2c(-c3ccc(O)cc3)oc3cc(O)cc(O)c3c2=O)O[C@@H](C)[C@@H]1OC(=O)CCC. The van der Waals surface area contributed by atoms with Gasteiger partial charge in [0.25, 0.3) is 0 Å². The number of hydrogen-bond acceptors (Lipinski definition) is 13. The number of carbonyl (C=O) groups is 3. The number of benzene rings is 2. The summed E-state index contributed by atoms with van der Waals surface area (Å²) in [5.41, 5.74) is -0.847. The summed E-state index contributed by atoms with van der Waals surface area (Å²) in [6.07, 6.45) is -6.82. The number of Topliss-reactive ketones (excluding diaryl/α,β-unsaturated/α-hetero) is 1. The number of aliphatic hydroxyl groups excluding tert-OH is 1. The second kappa shape index (κ2) is 13.8. The molecular formula is C31H34O13. The van der Waals surface area contributed by atoms with Gasteiger partial charge in [0.15, 0.2) is 24.1 Å². The summed E-state index contributed by atoms with van der Waals surface area (Å²) in [4.78, 5) is 50.9. The Hall–Kier alpha value is -4.62. The monoisotopic (exact) mass is 614 g/mol. The average molecular weight is 615 g/mol. The van der Waals surface area contributed by atoms with Gasteiger partial charge in [0.05, 0.1) is 6.10 Å². The lowest BCUT2D eigenvalue weighted by Gasteiger charge is -2.42. The van der Waals surface area contributed by atoms with E-state index in [0.29, 0.717) is 12.8 Å². The van der Waals surface area contributed by atoms with E-state index in [-0.39, 0.29) is 52.4 Å². The highest BCUT2D eigenvalue weighted by molar-refractivity contribution is 5.95. The van der Waals surface area contributed by atoms with Crippen LogP contribution < -0.4 is 10.2 Å². The van der Waals surface area contributed by atoms with Crippen LogP contribution in [0.2, 0.25) is 0 Å². The number of rotatable bonds is 11. The molecule has 0 unspecified atom stereocenters. The molecule has 13 heteroatoms.